The maximum Gasteiger partial charge on any atom is 0.176 e. The number of hydrazone groups is 1. The fourth-order valence-corrected chi connectivity index (χ4v) is 6.39. The Morgan fingerprint density at radius 3 is 2.79 bits per heavy atom. The van der Waals surface area contributed by atoms with Gasteiger partial charge in [-0.3, -0.25) is 14.7 Å². The van der Waals surface area contributed by atoms with Gasteiger partial charge in [0.05, 0.1) is 18.1 Å². The van der Waals surface area contributed by atoms with E-state index in [1.807, 2.05) is 41.4 Å². The van der Waals surface area contributed by atoms with Crippen molar-refractivity contribution in [2.45, 2.75) is 49.8 Å². The number of carbonyl (C=O) groups excluding carboxylic acids is 1. The zero-order chi connectivity index (χ0) is 22.6. The first-order valence-electron chi connectivity index (χ1n) is 11.8. The second-order valence-corrected chi connectivity index (χ2v) is 10.0. The molecule has 7 heteroatoms. The molecular weight excluding hydrogens is 438 g/mol. The van der Waals surface area contributed by atoms with Crippen molar-refractivity contribution >= 4 is 28.8 Å². The summed E-state index contributed by atoms with van der Waals surface area (Å²) in [6, 6.07) is 16.4. The highest BCUT2D eigenvalue weighted by atomic mass is 35.5. The molecule has 2 aromatic rings. The van der Waals surface area contributed by atoms with Gasteiger partial charge < -0.3 is 9.47 Å². The van der Waals surface area contributed by atoms with E-state index in [-0.39, 0.29) is 11.8 Å². The Balaban J connectivity index is 1.37. The zero-order valence-corrected chi connectivity index (χ0v) is 19.5. The van der Waals surface area contributed by atoms with E-state index in [0.29, 0.717) is 29.5 Å². The highest BCUT2D eigenvalue weighted by molar-refractivity contribution is 6.43. The van der Waals surface area contributed by atoms with Crippen LogP contribution in [0.2, 0.25) is 5.02 Å². The van der Waals surface area contributed by atoms with Gasteiger partial charge in [-0.05, 0) is 49.6 Å². The number of Topliss-reactive ketones (excluding diaryl/α,β-unsaturated/α-hetero) is 1. The number of morpholine rings is 1. The molecule has 33 heavy (non-hydrogen) atoms. The monoisotopic (exact) mass is 465 g/mol. The van der Waals surface area contributed by atoms with E-state index in [1.165, 1.54) is 0 Å². The summed E-state index contributed by atoms with van der Waals surface area (Å²) in [5, 5.41) is 7.55. The molecule has 172 valence electrons. The number of fused-ring (bicyclic) bond motifs is 5. The van der Waals surface area contributed by atoms with Gasteiger partial charge in [-0.15, -0.1) is 0 Å². The van der Waals surface area contributed by atoms with E-state index >= 15 is 0 Å². The molecule has 0 spiro atoms. The van der Waals surface area contributed by atoms with Gasteiger partial charge in [0.1, 0.15) is 29.8 Å². The summed E-state index contributed by atoms with van der Waals surface area (Å²) in [5.74, 6) is 0.754. The minimum absolute atomic E-state index is 0.00506. The first kappa shape index (κ1) is 21.1. The second kappa shape index (κ2) is 8.12. The first-order valence-corrected chi connectivity index (χ1v) is 12.2. The number of hydrogen-bond donors (Lipinski definition) is 0. The van der Waals surface area contributed by atoms with Crippen LogP contribution in [0.15, 0.2) is 53.6 Å². The van der Waals surface area contributed by atoms with Crippen molar-refractivity contribution in [1.29, 1.82) is 0 Å². The molecule has 6 rings (SSSR count). The second-order valence-electron chi connectivity index (χ2n) is 9.57. The lowest BCUT2D eigenvalue weighted by molar-refractivity contribution is -0.111. The van der Waals surface area contributed by atoms with Crippen molar-refractivity contribution < 1.29 is 14.3 Å². The largest absolute Gasteiger partial charge is 0.489 e. The third-order valence-electron chi connectivity index (χ3n) is 7.71. The van der Waals surface area contributed by atoms with Crippen LogP contribution in [0.4, 0.5) is 5.69 Å². The number of anilines is 1. The van der Waals surface area contributed by atoms with E-state index in [2.05, 4.69) is 17.0 Å². The van der Waals surface area contributed by atoms with Gasteiger partial charge >= 0.3 is 0 Å². The van der Waals surface area contributed by atoms with E-state index < -0.39 is 5.41 Å². The molecule has 0 N–H and O–H groups in total. The molecule has 0 saturated carbocycles. The number of likely N-dealkylation sites (tertiary alicyclic amines) is 1. The number of ether oxygens (including phenoxy) is 2. The molecule has 2 bridgehead atoms. The first-order chi connectivity index (χ1) is 16.1. The van der Waals surface area contributed by atoms with Crippen LogP contribution in [0.1, 0.15) is 31.7 Å². The summed E-state index contributed by atoms with van der Waals surface area (Å²) in [5.41, 5.74) is 2.01. The van der Waals surface area contributed by atoms with Gasteiger partial charge in [-0.25, -0.2) is 0 Å². The van der Waals surface area contributed by atoms with E-state index in [1.54, 1.807) is 6.92 Å². The Kier molecular flexibility index (Phi) is 5.20. The smallest absolute Gasteiger partial charge is 0.176 e. The molecule has 4 aliphatic heterocycles. The average Bonchev–Trinajstić information content (AvgIpc) is 3.53. The highest BCUT2D eigenvalue weighted by Crippen LogP contribution is 2.49. The van der Waals surface area contributed by atoms with Crippen molar-refractivity contribution in [3.05, 3.63) is 59.1 Å². The predicted octanol–water partition coefficient (Wildman–Crippen LogP) is 4.06. The SMILES string of the molecule is CC(=O)C1=NN2c3cc(Cl)ccc3OC[C@H]2[C@@]1(CCCN1CC2CC1CO2)c1ccccc1. The molecule has 2 unspecified atom stereocenters. The summed E-state index contributed by atoms with van der Waals surface area (Å²) in [7, 11) is 0. The van der Waals surface area contributed by atoms with E-state index in [0.717, 1.165) is 56.0 Å². The maximum absolute atomic E-state index is 13.0. The van der Waals surface area contributed by atoms with Gasteiger partial charge in [-0.2, -0.15) is 5.10 Å². The molecule has 0 amide bonds. The minimum atomic E-state index is -0.539. The van der Waals surface area contributed by atoms with Crippen molar-refractivity contribution in [3.63, 3.8) is 0 Å². The lowest BCUT2D eigenvalue weighted by Gasteiger charge is -2.42. The van der Waals surface area contributed by atoms with Crippen molar-refractivity contribution in [2.24, 2.45) is 5.10 Å². The van der Waals surface area contributed by atoms with Crippen molar-refractivity contribution in [3.8, 4) is 5.75 Å². The van der Waals surface area contributed by atoms with Crippen LogP contribution >= 0.6 is 11.6 Å². The number of halogens is 1. The van der Waals surface area contributed by atoms with Crippen molar-refractivity contribution in [1.82, 2.24) is 4.90 Å². The van der Waals surface area contributed by atoms with Crippen molar-refractivity contribution in [2.75, 3.05) is 31.3 Å². The Labute approximate surface area is 199 Å². The standard InChI is InChI=1S/C26H28ClN3O3/c1-17(31)25-26(18-6-3-2-4-7-18,10-5-11-29-14-21-13-20(29)15-32-21)24-16-33-23-9-8-19(27)12-22(23)30(24)28-25/h2-4,6-9,12,20-21,24H,5,10-11,13-16H2,1H3/t20?,21?,24-,26+/m0/s1. The Bertz CT molecular complexity index is 1110. The molecule has 4 atom stereocenters. The quantitative estimate of drug-likeness (QED) is 0.644. The van der Waals surface area contributed by atoms with Gasteiger partial charge in [0, 0.05) is 24.5 Å². The molecule has 6 nitrogen and oxygen atoms in total. The summed E-state index contributed by atoms with van der Waals surface area (Å²) in [4.78, 5) is 15.6. The number of ketones is 1. The normalized spacial score (nSPS) is 30.1. The molecule has 2 saturated heterocycles. The van der Waals surface area contributed by atoms with Crippen LogP contribution in [0.5, 0.6) is 5.75 Å². The number of carbonyl (C=O) groups is 1. The number of hydrogen-bond acceptors (Lipinski definition) is 6. The lowest BCUT2D eigenvalue weighted by atomic mass is 9.67. The average molecular weight is 466 g/mol. The number of nitrogens with zero attached hydrogens (tertiary/aromatic N) is 3. The highest BCUT2D eigenvalue weighted by Gasteiger charge is 2.56. The van der Waals surface area contributed by atoms with Gasteiger partial charge in [0.25, 0.3) is 0 Å². The molecule has 2 fully saturated rings. The molecule has 4 heterocycles. The Morgan fingerprint density at radius 2 is 2.06 bits per heavy atom. The molecule has 4 aliphatic rings. The van der Waals surface area contributed by atoms with Gasteiger partial charge in [0.2, 0.25) is 0 Å². The lowest BCUT2D eigenvalue weighted by Crippen LogP contribution is -2.54. The van der Waals surface area contributed by atoms with Gasteiger partial charge in [-0.1, -0.05) is 41.9 Å². The van der Waals surface area contributed by atoms with Gasteiger partial charge in [0.15, 0.2) is 5.78 Å². The Hall–Kier alpha value is -2.41. The fraction of sp³-hybridized carbons (Fsp3) is 0.462. The molecular formula is C26H28ClN3O3. The van der Waals surface area contributed by atoms with Crippen LogP contribution in [0.25, 0.3) is 0 Å². The number of benzene rings is 2. The van der Waals surface area contributed by atoms with Crippen LogP contribution in [0, 0.1) is 0 Å². The summed E-state index contributed by atoms with van der Waals surface area (Å²) < 4.78 is 12.0. The van der Waals surface area contributed by atoms with Crippen LogP contribution in [-0.2, 0) is 14.9 Å². The molecule has 0 aliphatic carbocycles. The van der Waals surface area contributed by atoms with E-state index in [9.17, 15) is 4.79 Å². The summed E-state index contributed by atoms with van der Waals surface area (Å²) >= 11 is 6.33. The zero-order valence-electron chi connectivity index (χ0n) is 18.7. The predicted molar refractivity (Wildman–Crippen MR) is 128 cm³/mol. The minimum Gasteiger partial charge on any atom is -0.489 e. The van der Waals surface area contributed by atoms with Crippen LogP contribution in [-0.4, -0.2) is 60.9 Å². The molecule has 0 aromatic heterocycles. The maximum atomic E-state index is 13.0. The van der Waals surface area contributed by atoms with Crippen LogP contribution in [0.3, 0.4) is 0 Å². The molecule has 0 radical (unpaired) electrons. The van der Waals surface area contributed by atoms with E-state index in [4.69, 9.17) is 26.2 Å². The number of rotatable bonds is 6. The van der Waals surface area contributed by atoms with Crippen LogP contribution < -0.4 is 9.75 Å². The third kappa shape index (κ3) is 3.38. The third-order valence-corrected chi connectivity index (χ3v) is 7.95. The summed E-state index contributed by atoms with van der Waals surface area (Å²) in [6.45, 7) is 4.95. The summed E-state index contributed by atoms with van der Waals surface area (Å²) in [6.07, 6.45) is 3.33. The fourth-order valence-electron chi connectivity index (χ4n) is 6.22. The topological polar surface area (TPSA) is 54.4 Å². The molecule has 2 aromatic carbocycles. The Morgan fingerprint density at radius 1 is 1.21 bits per heavy atom.